The average Bonchev–Trinajstić information content (AvgIpc) is 3.03. The molecule has 0 unspecified atom stereocenters. The zero-order valence-electron chi connectivity index (χ0n) is 12.0. The Morgan fingerprint density at radius 2 is 1.55 bits per heavy atom. The minimum absolute atomic E-state index is 0.153. The largest absolute Gasteiger partial charge is 0.308 e. The van der Waals surface area contributed by atoms with Gasteiger partial charge in [-0.1, -0.05) is 48.5 Å². The van der Waals surface area contributed by atoms with Crippen LogP contribution >= 0.6 is 0 Å². The second kappa shape index (κ2) is 6.59. The maximum Gasteiger partial charge on any atom is 0.249 e. The Labute approximate surface area is 129 Å². The van der Waals surface area contributed by atoms with Crippen LogP contribution in [0.4, 0.5) is 5.82 Å². The Morgan fingerprint density at radius 1 is 0.864 bits per heavy atom. The van der Waals surface area contributed by atoms with Crippen molar-refractivity contribution in [1.29, 1.82) is 0 Å². The number of benzene rings is 2. The van der Waals surface area contributed by atoms with Crippen molar-refractivity contribution in [2.45, 2.75) is 0 Å². The number of para-hydroxylation sites is 1. The monoisotopic (exact) mass is 288 g/mol. The average molecular weight is 288 g/mol. The predicted octanol–water partition coefficient (Wildman–Crippen LogP) is 4.13. The highest BCUT2D eigenvalue weighted by atomic mass is 16.1. The van der Waals surface area contributed by atoms with Crippen molar-refractivity contribution >= 4 is 17.8 Å². The summed E-state index contributed by atoms with van der Waals surface area (Å²) < 4.78 is 1.94. The van der Waals surface area contributed by atoms with Gasteiger partial charge >= 0.3 is 0 Å². The van der Waals surface area contributed by atoms with E-state index in [4.69, 9.17) is 0 Å². The lowest BCUT2D eigenvalue weighted by atomic mass is 10.2. The molecule has 0 radical (unpaired) electrons. The van der Waals surface area contributed by atoms with Crippen molar-refractivity contribution in [1.82, 2.24) is 4.57 Å². The molecule has 108 valence electrons. The molecule has 0 aliphatic heterocycles. The van der Waals surface area contributed by atoms with Crippen LogP contribution in [-0.2, 0) is 4.79 Å². The van der Waals surface area contributed by atoms with E-state index in [9.17, 15) is 4.79 Å². The first kappa shape index (κ1) is 13.9. The summed E-state index contributed by atoms with van der Waals surface area (Å²) in [5, 5.41) is 2.90. The Morgan fingerprint density at radius 3 is 2.27 bits per heavy atom. The van der Waals surface area contributed by atoms with Crippen LogP contribution in [0.1, 0.15) is 5.56 Å². The number of carbonyl (C=O) groups excluding carboxylic acids is 1. The van der Waals surface area contributed by atoms with E-state index in [0.717, 1.165) is 17.1 Å². The molecule has 2 aromatic carbocycles. The third-order valence-electron chi connectivity index (χ3n) is 3.26. The van der Waals surface area contributed by atoms with Crippen molar-refractivity contribution in [3.8, 4) is 5.69 Å². The Bertz CT molecular complexity index is 773. The first-order chi connectivity index (χ1) is 10.8. The molecule has 0 aliphatic carbocycles. The lowest BCUT2D eigenvalue weighted by Crippen LogP contribution is -2.11. The van der Waals surface area contributed by atoms with Crippen molar-refractivity contribution in [3.05, 3.63) is 90.6 Å². The molecule has 3 nitrogen and oxygen atoms in total. The van der Waals surface area contributed by atoms with Crippen LogP contribution in [0.3, 0.4) is 0 Å². The van der Waals surface area contributed by atoms with Crippen LogP contribution in [0.15, 0.2) is 85.1 Å². The molecule has 1 N–H and O–H groups in total. The molecule has 0 fully saturated rings. The van der Waals surface area contributed by atoms with Gasteiger partial charge in [-0.05, 0) is 35.9 Å². The SMILES string of the molecule is O=C(/C=C/c1ccccc1)Nc1cccn1-c1ccccc1. The molecule has 3 rings (SSSR count). The standard InChI is InChI=1S/C19H16N2O/c22-19(14-13-16-8-3-1-4-9-16)20-18-12-7-15-21(18)17-10-5-2-6-11-17/h1-15H,(H,20,22)/b14-13+. The van der Waals surface area contributed by atoms with E-state index < -0.39 is 0 Å². The minimum atomic E-state index is -0.153. The summed E-state index contributed by atoms with van der Waals surface area (Å²) in [6.45, 7) is 0. The number of carbonyl (C=O) groups is 1. The quantitative estimate of drug-likeness (QED) is 0.720. The maximum absolute atomic E-state index is 12.1. The van der Waals surface area contributed by atoms with E-state index in [-0.39, 0.29) is 5.91 Å². The van der Waals surface area contributed by atoms with Gasteiger partial charge < -0.3 is 9.88 Å². The Kier molecular flexibility index (Phi) is 4.16. The van der Waals surface area contributed by atoms with E-state index >= 15 is 0 Å². The zero-order valence-corrected chi connectivity index (χ0v) is 12.0. The summed E-state index contributed by atoms with van der Waals surface area (Å²) in [7, 11) is 0. The molecule has 3 aromatic rings. The summed E-state index contributed by atoms with van der Waals surface area (Å²) in [6.07, 6.45) is 5.26. The van der Waals surface area contributed by atoms with Gasteiger partial charge in [0, 0.05) is 18.0 Å². The number of hydrogen-bond acceptors (Lipinski definition) is 1. The van der Waals surface area contributed by atoms with E-state index in [0.29, 0.717) is 0 Å². The fraction of sp³-hybridized carbons (Fsp3) is 0. The number of amides is 1. The van der Waals surface area contributed by atoms with Gasteiger partial charge in [0.25, 0.3) is 0 Å². The fourth-order valence-electron chi connectivity index (χ4n) is 2.20. The van der Waals surface area contributed by atoms with Gasteiger partial charge in [-0.15, -0.1) is 0 Å². The Hall–Kier alpha value is -3.07. The van der Waals surface area contributed by atoms with Gasteiger partial charge in [0.05, 0.1) is 0 Å². The van der Waals surface area contributed by atoms with E-state index in [2.05, 4.69) is 5.32 Å². The van der Waals surface area contributed by atoms with E-state index in [1.807, 2.05) is 83.6 Å². The van der Waals surface area contributed by atoms with Crippen LogP contribution in [0.5, 0.6) is 0 Å². The number of nitrogens with zero attached hydrogens (tertiary/aromatic N) is 1. The van der Waals surface area contributed by atoms with Crippen LogP contribution < -0.4 is 5.32 Å². The smallest absolute Gasteiger partial charge is 0.249 e. The highest BCUT2D eigenvalue weighted by Gasteiger charge is 2.04. The Balaban J connectivity index is 1.73. The molecule has 1 aromatic heterocycles. The summed E-state index contributed by atoms with van der Waals surface area (Å²) in [5.74, 6) is 0.591. The van der Waals surface area contributed by atoms with Crippen LogP contribution in [0.25, 0.3) is 11.8 Å². The molecule has 0 bridgehead atoms. The molecule has 0 atom stereocenters. The normalized spacial score (nSPS) is 10.7. The number of rotatable bonds is 4. The van der Waals surface area contributed by atoms with Crippen molar-refractivity contribution in [2.75, 3.05) is 5.32 Å². The zero-order chi connectivity index (χ0) is 15.2. The first-order valence-corrected chi connectivity index (χ1v) is 7.10. The molecule has 22 heavy (non-hydrogen) atoms. The van der Waals surface area contributed by atoms with Crippen LogP contribution in [-0.4, -0.2) is 10.5 Å². The highest BCUT2D eigenvalue weighted by molar-refractivity contribution is 6.01. The number of anilines is 1. The van der Waals surface area contributed by atoms with Crippen molar-refractivity contribution < 1.29 is 4.79 Å². The predicted molar refractivity (Wildman–Crippen MR) is 89.9 cm³/mol. The van der Waals surface area contributed by atoms with E-state index in [1.54, 1.807) is 6.08 Å². The molecule has 3 heteroatoms. The molecule has 1 amide bonds. The topological polar surface area (TPSA) is 34.0 Å². The molecule has 0 aliphatic rings. The molecular weight excluding hydrogens is 272 g/mol. The van der Waals surface area contributed by atoms with Gasteiger partial charge in [0.2, 0.25) is 5.91 Å². The summed E-state index contributed by atoms with van der Waals surface area (Å²) >= 11 is 0. The second-order valence-corrected chi connectivity index (χ2v) is 4.83. The highest BCUT2D eigenvalue weighted by Crippen LogP contribution is 2.16. The van der Waals surface area contributed by atoms with Gasteiger partial charge in [0.1, 0.15) is 5.82 Å². The van der Waals surface area contributed by atoms with Crippen LogP contribution in [0, 0.1) is 0 Å². The van der Waals surface area contributed by atoms with Crippen molar-refractivity contribution in [2.24, 2.45) is 0 Å². The number of nitrogens with one attached hydrogen (secondary N) is 1. The van der Waals surface area contributed by atoms with Gasteiger partial charge in [0.15, 0.2) is 0 Å². The third kappa shape index (κ3) is 3.33. The molecular formula is C19H16N2O. The number of hydrogen-bond donors (Lipinski definition) is 1. The van der Waals surface area contributed by atoms with Crippen LogP contribution in [0.2, 0.25) is 0 Å². The van der Waals surface area contributed by atoms with Gasteiger partial charge in [-0.3, -0.25) is 4.79 Å². The summed E-state index contributed by atoms with van der Waals surface area (Å²) in [4.78, 5) is 12.1. The minimum Gasteiger partial charge on any atom is -0.308 e. The summed E-state index contributed by atoms with van der Waals surface area (Å²) in [5.41, 5.74) is 2.01. The third-order valence-corrected chi connectivity index (χ3v) is 3.26. The van der Waals surface area contributed by atoms with Gasteiger partial charge in [-0.25, -0.2) is 0 Å². The molecule has 1 heterocycles. The van der Waals surface area contributed by atoms with Crippen molar-refractivity contribution in [3.63, 3.8) is 0 Å². The lowest BCUT2D eigenvalue weighted by Gasteiger charge is -2.09. The second-order valence-electron chi connectivity index (χ2n) is 4.83. The molecule has 0 spiro atoms. The summed E-state index contributed by atoms with van der Waals surface area (Å²) in [6, 6.07) is 23.4. The number of aromatic nitrogens is 1. The fourth-order valence-corrected chi connectivity index (χ4v) is 2.20. The maximum atomic E-state index is 12.1. The molecule has 0 saturated carbocycles. The van der Waals surface area contributed by atoms with E-state index in [1.165, 1.54) is 6.08 Å². The lowest BCUT2D eigenvalue weighted by molar-refractivity contribution is -0.111. The first-order valence-electron chi connectivity index (χ1n) is 7.10. The van der Waals surface area contributed by atoms with Gasteiger partial charge in [-0.2, -0.15) is 0 Å². The molecule has 0 saturated heterocycles.